The van der Waals surface area contributed by atoms with Crippen molar-refractivity contribution in [3.63, 3.8) is 0 Å². The van der Waals surface area contributed by atoms with E-state index in [4.69, 9.17) is 0 Å². The summed E-state index contributed by atoms with van der Waals surface area (Å²) in [6.45, 7) is 2.39. The molecule has 0 unspecified atom stereocenters. The molecular weight excluding hydrogens is 424 g/mol. The Morgan fingerprint density at radius 3 is 2.56 bits per heavy atom. The lowest BCUT2D eigenvalue weighted by Gasteiger charge is -2.30. The monoisotopic (exact) mass is 454 g/mol. The summed E-state index contributed by atoms with van der Waals surface area (Å²) in [6, 6.07) is 11.4. The van der Waals surface area contributed by atoms with E-state index in [0.29, 0.717) is 23.8 Å². The van der Waals surface area contributed by atoms with Crippen LogP contribution in [0, 0.1) is 5.92 Å². The van der Waals surface area contributed by atoms with Gasteiger partial charge in [-0.05, 0) is 74.8 Å². The summed E-state index contributed by atoms with van der Waals surface area (Å²) in [5.41, 5.74) is 1.18. The van der Waals surface area contributed by atoms with Gasteiger partial charge in [-0.15, -0.1) is 11.3 Å². The first-order chi connectivity index (χ1) is 15.6. The van der Waals surface area contributed by atoms with Crippen molar-refractivity contribution in [2.24, 2.45) is 5.92 Å². The van der Waals surface area contributed by atoms with E-state index < -0.39 is 0 Å². The molecule has 4 rings (SSSR count). The van der Waals surface area contributed by atoms with Gasteiger partial charge in [0, 0.05) is 34.6 Å². The lowest BCUT2D eigenvalue weighted by Crippen LogP contribution is -2.43. The number of thiophene rings is 1. The molecule has 1 aliphatic carbocycles. The zero-order valence-corrected chi connectivity index (χ0v) is 19.0. The van der Waals surface area contributed by atoms with Crippen LogP contribution in [-0.4, -0.2) is 54.8 Å². The minimum Gasteiger partial charge on any atom is -0.355 e. The van der Waals surface area contributed by atoms with Gasteiger partial charge in [0.2, 0.25) is 11.8 Å². The third-order valence-corrected chi connectivity index (χ3v) is 6.83. The Labute approximate surface area is 192 Å². The standard InChI is InChI=1S/C24H30N4O3S/c29-22(26-20-4-1-3-18(15-20)24(31)27-19-6-7-19)16-28-12-9-17(10-13-28)23(30)25-11-8-21-5-2-14-32-21/h1-5,14-15,17,19H,6-13,16H2,(H,25,30)(H,26,29)(H,27,31). The molecule has 3 N–H and O–H groups in total. The minimum absolute atomic E-state index is 0.0132. The highest BCUT2D eigenvalue weighted by atomic mass is 32.1. The van der Waals surface area contributed by atoms with Gasteiger partial charge in [0.25, 0.3) is 5.91 Å². The second-order valence-electron chi connectivity index (χ2n) is 8.55. The lowest BCUT2D eigenvalue weighted by atomic mass is 9.96. The van der Waals surface area contributed by atoms with E-state index in [1.54, 1.807) is 35.6 Å². The Hall–Kier alpha value is -2.71. The fourth-order valence-corrected chi connectivity index (χ4v) is 4.61. The molecule has 1 saturated carbocycles. The second kappa shape index (κ2) is 10.7. The lowest BCUT2D eigenvalue weighted by molar-refractivity contribution is -0.126. The van der Waals surface area contributed by atoms with E-state index in [-0.39, 0.29) is 30.2 Å². The van der Waals surface area contributed by atoms with Crippen LogP contribution < -0.4 is 16.0 Å². The third kappa shape index (κ3) is 6.64. The molecule has 1 aromatic carbocycles. The molecular formula is C24H30N4O3S. The number of nitrogens with one attached hydrogen (secondary N) is 3. The maximum Gasteiger partial charge on any atom is 0.251 e. The zero-order valence-electron chi connectivity index (χ0n) is 18.1. The number of hydrogen-bond donors (Lipinski definition) is 3. The number of anilines is 1. The molecule has 170 valence electrons. The van der Waals surface area contributed by atoms with E-state index in [2.05, 4.69) is 26.9 Å². The molecule has 1 aromatic heterocycles. The fourth-order valence-electron chi connectivity index (χ4n) is 3.90. The third-order valence-electron chi connectivity index (χ3n) is 5.90. The molecule has 2 aromatic rings. The molecule has 0 radical (unpaired) electrons. The van der Waals surface area contributed by atoms with Crippen LogP contribution in [0.2, 0.25) is 0 Å². The van der Waals surface area contributed by atoms with Crippen molar-refractivity contribution in [1.29, 1.82) is 0 Å². The van der Waals surface area contributed by atoms with Gasteiger partial charge in [-0.3, -0.25) is 19.3 Å². The van der Waals surface area contributed by atoms with Crippen molar-refractivity contribution in [3.8, 4) is 0 Å². The topological polar surface area (TPSA) is 90.5 Å². The maximum absolute atomic E-state index is 12.5. The molecule has 1 aliphatic heterocycles. The molecule has 3 amide bonds. The normalized spacial score (nSPS) is 17.0. The van der Waals surface area contributed by atoms with Crippen molar-refractivity contribution in [2.45, 2.75) is 38.1 Å². The number of carbonyl (C=O) groups excluding carboxylic acids is 3. The molecule has 2 aliphatic rings. The number of benzene rings is 1. The zero-order chi connectivity index (χ0) is 22.3. The van der Waals surface area contributed by atoms with Gasteiger partial charge in [-0.1, -0.05) is 12.1 Å². The average molecular weight is 455 g/mol. The van der Waals surface area contributed by atoms with Crippen LogP contribution >= 0.6 is 11.3 Å². The Balaban J connectivity index is 1.16. The Morgan fingerprint density at radius 2 is 1.84 bits per heavy atom. The summed E-state index contributed by atoms with van der Waals surface area (Å²) in [4.78, 5) is 40.5. The Kier molecular flexibility index (Phi) is 7.55. The van der Waals surface area contributed by atoms with E-state index in [0.717, 1.165) is 45.2 Å². The first kappa shape index (κ1) is 22.5. The fraction of sp³-hybridized carbons (Fsp3) is 0.458. The van der Waals surface area contributed by atoms with Crippen molar-refractivity contribution in [1.82, 2.24) is 15.5 Å². The van der Waals surface area contributed by atoms with Gasteiger partial charge >= 0.3 is 0 Å². The van der Waals surface area contributed by atoms with Gasteiger partial charge in [0.1, 0.15) is 0 Å². The van der Waals surface area contributed by atoms with E-state index in [1.807, 2.05) is 11.4 Å². The number of piperidine rings is 1. The van der Waals surface area contributed by atoms with Gasteiger partial charge in [0.15, 0.2) is 0 Å². The van der Waals surface area contributed by atoms with Crippen LogP contribution in [0.4, 0.5) is 5.69 Å². The number of rotatable bonds is 9. The van der Waals surface area contributed by atoms with E-state index in [9.17, 15) is 14.4 Å². The second-order valence-corrected chi connectivity index (χ2v) is 9.58. The summed E-state index contributed by atoms with van der Waals surface area (Å²) < 4.78 is 0. The highest BCUT2D eigenvalue weighted by molar-refractivity contribution is 7.09. The SMILES string of the molecule is O=C(CN1CCC(C(=O)NCCc2cccs2)CC1)Nc1cccc(C(=O)NC2CC2)c1. The molecule has 2 fully saturated rings. The first-order valence-electron chi connectivity index (χ1n) is 11.3. The Bertz CT molecular complexity index is 934. The number of carbonyl (C=O) groups is 3. The highest BCUT2D eigenvalue weighted by Crippen LogP contribution is 2.20. The molecule has 1 saturated heterocycles. The number of hydrogen-bond acceptors (Lipinski definition) is 5. The summed E-state index contributed by atoms with van der Waals surface area (Å²) >= 11 is 1.71. The average Bonchev–Trinajstić information content (AvgIpc) is 3.45. The predicted octanol–water partition coefficient (Wildman–Crippen LogP) is 2.65. The molecule has 2 heterocycles. The molecule has 7 nitrogen and oxygen atoms in total. The van der Waals surface area contributed by atoms with Crippen molar-refractivity contribution in [3.05, 3.63) is 52.2 Å². The molecule has 0 spiro atoms. The van der Waals surface area contributed by atoms with Crippen molar-refractivity contribution in [2.75, 3.05) is 31.5 Å². The van der Waals surface area contributed by atoms with Gasteiger partial charge < -0.3 is 16.0 Å². The summed E-state index contributed by atoms with van der Waals surface area (Å²) in [6.07, 6.45) is 4.46. The van der Waals surface area contributed by atoms with Crippen molar-refractivity contribution >= 4 is 34.7 Å². The summed E-state index contributed by atoms with van der Waals surface area (Å²) in [5.74, 6) is -0.0748. The van der Waals surface area contributed by atoms with Crippen LogP contribution in [0.15, 0.2) is 41.8 Å². The van der Waals surface area contributed by atoms with Crippen LogP contribution in [0.25, 0.3) is 0 Å². The number of nitrogens with zero attached hydrogens (tertiary/aromatic N) is 1. The summed E-state index contributed by atoms with van der Waals surface area (Å²) in [5, 5.41) is 10.9. The van der Waals surface area contributed by atoms with Crippen LogP contribution in [0.3, 0.4) is 0 Å². The number of likely N-dealkylation sites (tertiary alicyclic amines) is 1. The van der Waals surface area contributed by atoms with E-state index in [1.165, 1.54) is 4.88 Å². The van der Waals surface area contributed by atoms with Gasteiger partial charge in [0.05, 0.1) is 6.54 Å². The quantitative estimate of drug-likeness (QED) is 0.543. The summed E-state index contributed by atoms with van der Waals surface area (Å²) in [7, 11) is 0. The molecule has 8 heteroatoms. The minimum atomic E-state index is -0.108. The van der Waals surface area contributed by atoms with E-state index >= 15 is 0 Å². The van der Waals surface area contributed by atoms with Crippen LogP contribution in [-0.2, 0) is 16.0 Å². The van der Waals surface area contributed by atoms with Gasteiger partial charge in [-0.25, -0.2) is 0 Å². The van der Waals surface area contributed by atoms with Crippen molar-refractivity contribution < 1.29 is 14.4 Å². The smallest absolute Gasteiger partial charge is 0.251 e. The first-order valence-corrected chi connectivity index (χ1v) is 12.2. The van der Waals surface area contributed by atoms with Gasteiger partial charge in [-0.2, -0.15) is 0 Å². The van der Waals surface area contributed by atoms with Crippen LogP contribution in [0.1, 0.15) is 40.9 Å². The predicted molar refractivity (Wildman–Crippen MR) is 126 cm³/mol. The molecule has 0 bridgehead atoms. The highest BCUT2D eigenvalue weighted by Gasteiger charge is 2.26. The molecule has 32 heavy (non-hydrogen) atoms. The van der Waals surface area contributed by atoms with Crippen LogP contribution in [0.5, 0.6) is 0 Å². The largest absolute Gasteiger partial charge is 0.355 e. The maximum atomic E-state index is 12.5. The number of amides is 3. The molecule has 0 atom stereocenters. The Morgan fingerprint density at radius 1 is 1.03 bits per heavy atom.